The molecule has 1 saturated heterocycles. The molecular formula is C15H30N2O. The van der Waals surface area contributed by atoms with Gasteiger partial charge in [0.2, 0.25) is 5.91 Å². The minimum atomic E-state index is 0.0465. The van der Waals surface area contributed by atoms with Crippen LogP contribution in [0.2, 0.25) is 0 Å². The highest BCUT2D eigenvalue weighted by Crippen LogP contribution is 2.22. The number of nitrogens with one attached hydrogen (secondary N) is 2. The summed E-state index contributed by atoms with van der Waals surface area (Å²) in [6.45, 7) is 8.50. The Labute approximate surface area is 112 Å². The molecule has 1 amide bonds. The smallest absolute Gasteiger partial charge is 0.237 e. The SMILES string of the molecule is CCCCCC(C)(C)CNC(=O)[C@@H]1CCCCN1. The van der Waals surface area contributed by atoms with Gasteiger partial charge in [-0.25, -0.2) is 0 Å². The van der Waals surface area contributed by atoms with E-state index in [0.29, 0.717) is 0 Å². The maximum absolute atomic E-state index is 12.0. The summed E-state index contributed by atoms with van der Waals surface area (Å²) in [6, 6.07) is 0.0465. The largest absolute Gasteiger partial charge is 0.354 e. The second-order valence-corrected chi connectivity index (χ2v) is 6.34. The third-order valence-corrected chi connectivity index (χ3v) is 3.83. The summed E-state index contributed by atoms with van der Waals surface area (Å²) in [6.07, 6.45) is 8.37. The predicted octanol–water partition coefficient (Wildman–Crippen LogP) is 2.85. The Morgan fingerprint density at radius 2 is 2.11 bits per heavy atom. The normalized spacial score (nSPS) is 20.7. The quantitative estimate of drug-likeness (QED) is 0.686. The molecule has 0 aromatic carbocycles. The van der Waals surface area contributed by atoms with Gasteiger partial charge < -0.3 is 10.6 Å². The standard InChI is InChI=1S/C15H30N2O/c1-4-5-7-10-15(2,3)12-17-14(18)13-9-6-8-11-16-13/h13,16H,4-12H2,1-3H3,(H,17,18)/t13-/m0/s1. The van der Waals surface area contributed by atoms with Crippen molar-refractivity contribution in [3.8, 4) is 0 Å². The molecule has 1 rings (SSSR count). The molecule has 0 spiro atoms. The zero-order valence-electron chi connectivity index (χ0n) is 12.3. The van der Waals surface area contributed by atoms with E-state index in [0.717, 1.165) is 19.5 Å². The van der Waals surface area contributed by atoms with Crippen molar-refractivity contribution >= 4 is 5.91 Å². The topological polar surface area (TPSA) is 41.1 Å². The third kappa shape index (κ3) is 5.85. The van der Waals surface area contributed by atoms with E-state index >= 15 is 0 Å². The Balaban J connectivity index is 2.23. The average molecular weight is 254 g/mol. The summed E-state index contributed by atoms with van der Waals surface area (Å²) in [5.41, 5.74) is 0.222. The van der Waals surface area contributed by atoms with Crippen LogP contribution in [0.3, 0.4) is 0 Å². The lowest BCUT2D eigenvalue weighted by Crippen LogP contribution is -2.48. The molecule has 0 bridgehead atoms. The summed E-state index contributed by atoms with van der Waals surface area (Å²) in [5.74, 6) is 0.193. The van der Waals surface area contributed by atoms with Crippen LogP contribution in [0.1, 0.15) is 65.7 Å². The molecule has 0 aromatic rings. The maximum Gasteiger partial charge on any atom is 0.237 e. The van der Waals surface area contributed by atoms with Crippen molar-refractivity contribution in [1.82, 2.24) is 10.6 Å². The molecule has 2 N–H and O–H groups in total. The van der Waals surface area contributed by atoms with Crippen LogP contribution in [0, 0.1) is 5.41 Å². The average Bonchev–Trinajstić information content (AvgIpc) is 2.37. The van der Waals surface area contributed by atoms with Crippen LogP contribution < -0.4 is 10.6 Å². The van der Waals surface area contributed by atoms with Crippen molar-refractivity contribution in [2.45, 2.75) is 71.8 Å². The second-order valence-electron chi connectivity index (χ2n) is 6.34. The Hall–Kier alpha value is -0.570. The monoisotopic (exact) mass is 254 g/mol. The van der Waals surface area contributed by atoms with Gasteiger partial charge in [-0.2, -0.15) is 0 Å². The van der Waals surface area contributed by atoms with E-state index in [9.17, 15) is 4.79 Å². The number of carbonyl (C=O) groups excluding carboxylic acids is 1. The molecule has 18 heavy (non-hydrogen) atoms. The summed E-state index contributed by atoms with van der Waals surface area (Å²) >= 11 is 0. The first-order valence-corrected chi connectivity index (χ1v) is 7.56. The number of hydrogen-bond donors (Lipinski definition) is 2. The van der Waals surface area contributed by atoms with E-state index in [2.05, 4.69) is 31.4 Å². The van der Waals surface area contributed by atoms with E-state index < -0.39 is 0 Å². The maximum atomic E-state index is 12.0. The van der Waals surface area contributed by atoms with Gasteiger partial charge in [-0.05, 0) is 31.2 Å². The van der Waals surface area contributed by atoms with Crippen molar-refractivity contribution in [2.24, 2.45) is 5.41 Å². The molecule has 1 aliphatic heterocycles. The first-order valence-electron chi connectivity index (χ1n) is 7.56. The van der Waals surface area contributed by atoms with Crippen LogP contribution in [-0.2, 0) is 4.79 Å². The van der Waals surface area contributed by atoms with Gasteiger partial charge in [-0.15, -0.1) is 0 Å². The molecule has 106 valence electrons. The summed E-state index contributed by atoms with van der Waals surface area (Å²) in [5, 5.41) is 6.41. The number of rotatable bonds is 7. The minimum Gasteiger partial charge on any atom is -0.354 e. The Morgan fingerprint density at radius 3 is 2.72 bits per heavy atom. The molecule has 0 radical (unpaired) electrons. The molecule has 0 saturated carbocycles. The summed E-state index contributed by atoms with van der Waals surface area (Å²) < 4.78 is 0. The molecule has 3 heteroatoms. The minimum absolute atomic E-state index is 0.0465. The van der Waals surface area contributed by atoms with Gasteiger partial charge in [0.15, 0.2) is 0 Å². The van der Waals surface area contributed by atoms with Crippen LogP contribution in [-0.4, -0.2) is 25.0 Å². The fourth-order valence-corrected chi connectivity index (χ4v) is 2.47. The highest BCUT2D eigenvalue weighted by molar-refractivity contribution is 5.81. The molecule has 0 aromatic heterocycles. The van der Waals surface area contributed by atoms with Gasteiger partial charge in [0, 0.05) is 6.54 Å². The zero-order valence-corrected chi connectivity index (χ0v) is 12.3. The molecule has 1 atom stereocenters. The molecule has 1 aliphatic rings. The molecule has 1 fully saturated rings. The number of amides is 1. The van der Waals surface area contributed by atoms with Gasteiger partial charge in [-0.3, -0.25) is 4.79 Å². The van der Waals surface area contributed by atoms with Gasteiger partial charge in [0.25, 0.3) is 0 Å². The molecule has 1 heterocycles. The summed E-state index contributed by atoms with van der Waals surface area (Å²) in [7, 11) is 0. The lowest BCUT2D eigenvalue weighted by Gasteiger charge is -2.28. The molecule has 3 nitrogen and oxygen atoms in total. The lowest BCUT2D eigenvalue weighted by molar-refractivity contribution is -0.124. The molecule has 0 unspecified atom stereocenters. The van der Waals surface area contributed by atoms with Crippen LogP contribution in [0.4, 0.5) is 0 Å². The fourth-order valence-electron chi connectivity index (χ4n) is 2.47. The fraction of sp³-hybridized carbons (Fsp3) is 0.933. The van der Waals surface area contributed by atoms with Crippen molar-refractivity contribution < 1.29 is 4.79 Å². The number of hydrogen-bond acceptors (Lipinski definition) is 2. The highest BCUT2D eigenvalue weighted by atomic mass is 16.2. The second kappa shape index (κ2) is 7.78. The first kappa shape index (κ1) is 15.5. The number of piperidine rings is 1. The van der Waals surface area contributed by atoms with E-state index in [4.69, 9.17) is 0 Å². The number of unbranched alkanes of at least 4 members (excludes halogenated alkanes) is 2. The van der Waals surface area contributed by atoms with Crippen LogP contribution in [0.5, 0.6) is 0 Å². The first-order chi connectivity index (χ1) is 8.55. The zero-order chi connectivity index (χ0) is 13.4. The Morgan fingerprint density at radius 1 is 1.33 bits per heavy atom. The van der Waals surface area contributed by atoms with Crippen molar-refractivity contribution in [3.63, 3.8) is 0 Å². The van der Waals surface area contributed by atoms with Crippen molar-refractivity contribution in [2.75, 3.05) is 13.1 Å². The Bertz CT molecular complexity index is 245. The molecular weight excluding hydrogens is 224 g/mol. The van der Waals surface area contributed by atoms with E-state index in [-0.39, 0.29) is 17.4 Å². The van der Waals surface area contributed by atoms with E-state index in [1.165, 1.54) is 38.5 Å². The van der Waals surface area contributed by atoms with Gasteiger partial charge >= 0.3 is 0 Å². The van der Waals surface area contributed by atoms with Gasteiger partial charge in [-0.1, -0.05) is 46.5 Å². The van der Waals surface area contributed by atoms with Gasteiger partial charge in [0.05, 0.1) is 6.04 Å². The third-order valence-electron chi connectivity index (χ3n) is 3.83. The van der Waals surface area contributed by atoms with Crippen molar-refractivity contribution in [1.29, 1.82) is 0 Å². The van der Waals surface area contributed by atoms with Crippen LogP contribution in [0.25, 0.3) is 0 Å². The molecule has 0 aliphatic carbocycles. The number of carbonyl (C=O) groups is 1. The highest BCUT2D eigenvalue weighted by Gasteiger charge is 2.23. The lowest BCUT2D eigenvalue weighted by atomic mass is 9.86. The van der Waals surface area contributed by atoms with Crippen LogP contribution >= 0.6 is 0 Å². The van der Waals surface area contributed by atoms with Crippen LogP contribution in [0.15, 0.2) is 0 Å². The van der Waals surface area contributed by atoms with Crippen molar-refractivity contribution in [3.05, 3.63) is 0 Å². The van der Waals surface area contributed by atoms with E-state index in [1.807, 2.05) is 0 Å². The Kier molecular flexibility index (Phi) is 6.69. The predicted molar refractivity (Wildman–Crippen MR) is 76.6 cm³/mol. The summed E-state index contributed by atoms with van der Waals surface area (Å²) in [4.78, 5) is 12.0. The van der Waals surface area contributed by atoms with E-state index in [1.54, 1.807) is 0 Å². The van der Waals surface area contributed by atoms with Gasteiger partial charge in [0.1, 0.15) is 0 Å².